The maximum absolute atomic E-state index is 13.8. The molecule has 2 amide bonds. The van der Waals surface area contributed by atoms with E-state index in [1.807, 2.05) is 49.4 Å². The number of halogens is 1. The van der Waals surface area contributed by atoms with Gasteiger partial charge in [0.1, 0.15) is 18.4 Å². The van der Waals surface area contributed by atoms with Gasteiger partial charge in [-0.2, -0.15) is 0 Å². The van der Waals surface area contributed by atoms with Crippen LogP contribution >= 0.6 is 0 Å². The number of aryl methyl sites for hydroxylation is 1. The zero-order valence-corrected chi connectivity index (χ0v) is 22.0. The Balaban J connectivity index is 2.00. The molecule has 3 aromatic rings. The van der Waals surface area contributed by atoms with E-state index in [1.54, 1.807) is 12.1 Å². The first-order valence-electron chi connectivity index (χ1n) is 12.0. The van der Waals surface area contributed by atoms with E-state index in [0.29, 0.717) is 11.3 Å². The van der Waals surface area contributed by atoms with E-state index in [9.17, 15) is 22.4 Å². The van der Waals surface area contributed by atoms with E-state index in [4.69, 9.17) is 0 Å². The fraction of sp³-hybridized carbons (Fsp3) is 0.286. The monoisotopic (exact) mass is 525 g/mol. The Morgan fingerprint density at radius 2 is 1.49 bits per heavy atom. The molecule has 3 rings (SSSR count). The van der Waals surface area contributed by atoms with E-state index in [1.165, 1.54) is 36.2 Å². The predicted octanol–water partition coefficient (Wildman–Crippen LogP) is 3.54. The van der Waals surface area contributed by atoms with Crippen LogP contribution in [0.4, 0.5) is 10.1 Å². The van der Waals surface area contributed by atoms with Crippen LogP contribution in [0.15, 0.2) is 78.9 Å². The molecule has 0 aliphatic heterocycles. The molecular formula is C28H32FN3O4S. The van der Waals surface area contributed by atoms with E-state index >= 15 is 0 Å². The van der Waals surface area contributed by atoms with Crippen molar-refractivity contribution in [2.24, 2.45) is 0 Å². The molecule has 37 heavy (non-hydrogen) atoms. The minimum Gasteiger partial charge on any atom is -0.357 e. The van der Waals surface area contributed by atoms with Gasteiger partial charge < -0.3 is 10.2 Å². The summed E-state index contributed by atoms with van der Waals surface area (Å²) in [6.07, 6.45) is 2.05. The van der Waals surface area contributed by atoms with E-state index in [-0.39, 0.29) is 13.0 Å². The molecule has 0 saturated carbocycles. The first kappa shape index (κ1) is 27.9. The number of benzene rings is 3. The zero-order chi connectivity index (χ0) is 27.0. The maximum Gasteiger partial charge on any atom is 0.244 e. The smallest absolute Gasteiger partial charge is 0.244 e. The Bertz CT molecular complexity index is 1300. The van der Waals surface area contributed by atoms with Gasteiger partial charge in [0.15, 0.2) is 0 Å². The summed E-state index contributed by atoms with van der Waals surface area (Å²) in [5.74, 6) is -1.37. The Morgan fingerprint density at radius 3 is 2.03 bits per heavy atom. The van der Waals surface area contributed by atoms with Crippen LogP contribution in [0.1, 0.15) is 23.6 Å². The summed E-state index contributed by atoms with van der Waals surface area (Å²) in [4.78, 5) is 28.2. The number of nitrogens with one attached hydrogen (secondary N) is 1. The average Bonchev–Trinajstić information content (AvgIpc) is 2.89. The van der Waals surface area contributed by atoms with Gasteiger partial charge in [0.05, 0.1) is 11.9 Å². The predicted molar refractivity (Wildman–Crippen MR) is 143 cm³/mol. The van der Waals surface area contributed by atoms with Crippen molar-refractivity contribution in [3.63, 3.8) is 0 Å². The molecule has 9 heteroatoms. The van der Waals surface area contributed by atoms with Gasteiger partial charge in [0.2, 0.25) is 21.8 Å². The third kappa shape index (κ3) is 7.63. The fourth-order valence-electron chi connectivity index (χ4n) is 4.02. The Kier molecular flexibility index (Phi) is 9.41. The third-order valence-electron chi connectivity index (χ3n) is 6.10. The summed E-state index contributed by atoms with van der Waals surface area (Å²) >= 11 is 0. The first-order chi connectivity index (χ1) is 17.6. The molecule has 0 aliphatic rings. The minimum atomic E-state index is -3.82. The van der Waals surface area contributed by atoms with Gasteiger partial charge in [-0.15, -0.1) is 0 Å². The topological polar surface area (TPSA) is 86.8 Å². The van der Waals surface area contributed by atoms with Gasteiger partial charge in [-0.1, -0.05) is 61.5 Å². The molecule has 196 valence electrons. The molecule has 1 atom stereocenters. The highest BCUT2D eigenvalue weighted by molar-refractivity contribution is 7.92. The second-order valence-electron chi connectivity index (χ2n) is 8.76. The molecule has 0 saturated heterocycles. The van der Waals surface area contributed by atoms with Gasteiger partial charge in [-0.05, 0) is 47.4 Å². The highest BCUT2D eigenvalue weighted by Gasteiger charge is 2.32. The fourth-order valence-corrected chi connectivity index (χ4v) is 4.87. The standard InChI is InChI=1S/C28H32FN3O4S/c1-4-21-12-16-25(17-13-21)32(37(3,35)36)20-27(33)31(19-23-10-14-24(29)15-11-23)26(28(34)30-2)18-22-8-6-5-7-9-22/h5-17,26H,4,18-20H2,1-3H3,(H,30,34). The second-order valence-corrected chi connectivity index (χ2v) is 10.7. The number of carbonyl (C=O) groups excluding carboxylic acids is 2. The number of hydrogen-bond acceptors (Lipinski definition) is 4. The summed E-state index contributed by atoms with van der Waals surface area (Å²) in [7, 11) is -2.33. The SMILES string of the molecule is CCc1ccc(N(CC(=O)N(Cc2ccc(F)cc2)C(Cc2ccccc2)C(=O)NC)S(C)(=O)=O)cc1. The molecule has 7 nitrogen and oxygen atoms in total. The number of anilines is 1. The lowest BCUT2D eigenvalue weighted by Crippen LogP contribution is -2.52. The van der Waals surface area contributed by atoms with Crippen LogP contribution in [0.5, 0.6) is 0 Å². The van der Waals surface area contributed by atoms with Crippen molar-refractivity contribution in [1.29, 1.82) is 0 Å². The molecule has 0 aromatic heterocycles. The summed E-state index contributed by atoms with van der Waals surface area (Å²) in [6.45, 7) is 1.50. The average molecular weight is 526 g/mol. The summed E-state index contributed by atoms with van der Waals surface area (Å²) in [5, 5.41) is 2.62. The molecule has 0 aliphatic carbocycles. The van der Waals surface area contributed by atoms with E-state index < -0.39 is 40.2 Å². The maximum atomic E-state index is 13.8. The van der Waals surface area contributed by atoms with Crippen LogP contribution in [0.25, 0.3) is 0 Å². The highest BCUT2D eigenvalue weighted by Crippen LogP contribution is 2.21. The van der Waals surface area contributed by atoms with E-state index in [2.05, 4.69) is 5.32 Å². The number of nitrogens with zero attached hydrogens (tertiary/aromatic N) is 2. The van der Waals surface area contributed by atoms with Crippen molar-refractivity contribution in [2.45, 2.75) is 32.4 Å². The molecule has 0 spiro atoms. The summed E-state index contributed by atoms with van der Waals surface area (Å²) < 4.78 is 40.0. The number of amides is 2. The highest BCUT2D eigenvalue weighted by atomic mass is 32.2. The number of sulfonamides is 1. The quantitative estimate of drug-likeness (QED) is 0.415. The van der Waals surface area contributed by atoms with Crippen molar-refractivity contribution in [1.82, 2.24) is 10.2 Å². The number of hydrogen-bond donors (Lipinski definition) is 1. The van der Waals surface area contributed by atoms with Crippen molar-refractivity contribution in [3.05, 3.63) is 101 Å². The van der Waals surface area contributed by atoms with Crippen molar-refractivity contribution in [2.75, 3.05) is 24.2 Å². The lowest BCUT2D eigenvalue weighted by molar-refractivity contribution is -0.139. The normalized spacial score (nSPS) is 12.0. The Hall–Kier alpha value is -3.72. The van der Waals surface area contributed by atoms with Crippen molar-refractivity contribution >= 4 is 27.5 Å². The molecule has 1 unspecified atom stereocenters. The van der Waals surface area contributed by atoms with Gasteiger partial charge >= 0.3 is 0 Å². The minimum absolute atomic E-state index is 0.00356. The van der Waals surface area contributed by atoms with Crippen molar-refractivity contribution < 1.29 is 22.4 Å². The van der Waals surface area contributed by atoms with Crippen LogP contribution in [-0.2, 0) is 39.0 Å². The molecule has 0 heterocycles. The number of rotatable bonds is 11. The van der Waals surface area contributed by atoms with Gasteiger partial charge in [-0.3, -0.25) is 13.9 Å². The van der Waals surface area contributed by atoms with Crippen LogP contribution in [-0.4, -0.2) is 51.0 Å². The lowest BCUT2D eigenvalue weighted by atomic mass is 10.0. The summed E-state index contributed by atoms with van der Waals surface area (Å²) in [6, 6.07) is 20.9. The Morgan fingerprint density at radius 1 is 0.892 bits per heavy atom. The zero-order valence-electron chi connectivity index (χ0n) is 21.2. The molecule has 1 N–H and O–H groups in total. The Labute approximate surface area is 218 Å². The van der Waals surface area contributed by atoms with Gasteiger partial charge in [0.25, 0.3) is 0 Å². The molecule has 0 radical (unpaired) electrons. The van der Waals surface area contributed by atoms with Gasteiger partial charge in [0, 0.05) is 20.0 Å². The van der Waals surface area contributed by atoms with Crippen LogP contribution in [0, 0.1) is 5.82 Å². The molecular weight excluding hydrogens is 493 g/mol. The van der Waals surface area contributed by atoms with Crippen molar-refractivity contribution in [3.8, 4) is 0 Å². The first-order valence-corrected chi connectivity index (χ1v) is 13.8. The van der Waals surface area contributed by atoms with E-state index in [0.717, 1.165) is 28.1 Å². The molecule has 0 bridgehead atoms. The van der Waals surface area contributed by atoms with Crippen LogP contribution in [0.3, 0.4) is 0 Å². The second kappa shape index (κ2) is 12.5. The van der Waals surface area contributed by atoms with Crippen LogP contribution in [0.2, 0.25) is 0 Å². The van der Waals surface area contributed by atoms with Gasteiger partial charge in [-0.25, -0.2) is 12.8 Å². The number of likely N-dealkylation sites (N-methyl/N-ethyl adjacent to an activating group) is 1. The lowest BCUT2D eigenvalue weighted by Gasteiger charge is -2.33. The third-order valence-corrected chi connectivity index (χ3v) is 7.24. The van der Waals surface area contributed by atoms with Crippen LogP contribution < -0.4 is 9.62 Å². The molecule has 0 fully saturated rings. The molecule has 3 aromatic carbocycles. The summed E-state index contributed by atoms with van der Waals surface area (Å²) in [5.41, 5.74) is 2.83. The number of carbonyl (C=O) groups is 2. The largest absolute Gasteiger partial charge is 0.357 e.